The Hall–Kier alpha value is -3.10. The summed E-state index contributed by atoms with van der Waals surface area (Å²) in [4.78, 5) is 0. The van der Waals surface area contributed by atoms with Crippen LogP contribution in [0.3, 0.4) is 0 Å². The summed E-state index contributed by atoms with van der Waals surface area (Å²) in [5.41, 5.74) is 19.0. The van der Waals surface area contributed by atoms with Crippen LogP contribution in [0.4, 0.5) is 5.69 Å². The van der Waals surface area contributed by atoms with Crippen LogP contribution in [-0.4, -0.2) is 0 Å². The normalized spacial score (nSPS) is 19.2. The highest BCUT2D eigenvalue weighted by atomic mass is 14.8. The highest BCUT2D eigenvalue weighted by molar-refractivity contribution is 5.86. The topological polar surface area (TPSA) is 52.0 Å². The van der Waals surface area contributed by atoms with Crippen molar-refractivity contribution in [3.05, 3.63) is 108 Å². The van der Waals surface area contributed by atoms with Crippen LogP contribution in [0, 0.1) is 0 Å². The van der Waals surface area contributed by atoms with Crippen molar-refractivity contribution < 1.29 is 0 Å². The Morgan fingerprint density at radius 1 is 0.731 bits per heavy atom. The average Bonchev–Trinajstić information content (AvgIpc) is 2.70. The summed E-state index contributed by atoms with van der Waals surface area (Å²) in [5, 5.41) is 0. The van der Waals surface area contributed by atoms with Crippen molar-refractivity contribution in [1.29, 1.82) is 0 Å². The van der Waals surface area contributed by atoms with Gasteiger partial charge in [-0.25, -0.2) is 0 Å². The van der Waals surface area contributed by atoms with E-state index in [1.54, 1.807) is 0 Å². The Bertz CT molecular complexity index is 986. The second-order valence-electron chi connectivity index (χ2n) is 6.68. The first-order valence-electron chi connectivity index (χ1n) is 8.86. The third-order valence-corrected chi connectivity index (χ3v) is 5.06. The summed E-state index contributed by atoms with van der Waals surface area (Å²) in [7, 11) is 0. The van der Waals surface area contributed by atoms with Crippen molar-refractivity contribution in [2.75, 3.05) is 5.73 Å². The lowest BCUT2D eigenvalue weighted by molar-refractivity contribution is 0.588. The van der Waals surface area contributed by atoms with Crippen LogP contribution in [0.5, 0.6) is 0 Å². The van der Waals surface area contributed by atoms with Crippen LogP contribution in [0.1, 0.15) is 17.5 Å². The van der Waals surface area contributed by atoms with E-state index in [9.17, 15) is 0 Å². The Kier molecular flexibility index (Phi) is 4.19. The van der Waals surface area contributed by atoms with Gasteiger partial charge < -0.3 is 11.5 Å². The number of nitrogens with two attached hydrogens (primary N) is 2. The van der Waals surface area contributed by atoms with Crippen LogP contribution >= 0.6 is 0 Å². The van der Waals surface area contributed by atoms with Gasteiger partial charge in [0, 0.05) is 11.3 Å². The van der Waals surface area contributed by atoms with Gasteiger partial charge in [0.15, 0.2) is 0 Å². The van der Waals surface area contributed by atoms with E-state index in [1.807, 2.05) is 30.3 Å². The molecular formula is C24H22N2. The van der Waals surface area contributed by atoms with Crippen molar-refractivity contribution in [2.24, 2.45) is 5.73 Å². The Morgan fingerprint density at radius 3 is 2.15 bits per heavy atom. The standard InChI is InChI=1S/C24H22N2/c25-23-16-7-5-13-20(23)22-15-8-9-17-24(22,26)21-14-6-4-12-19(21)18-10-2-1-3-11-18/h1-16H,17,25-26H2. The van der Waals surface area contributed by atoms with Gasteiger partial charge in [0.2, 0.25) is 0 Å². The molecule has 3 aromatic rings. The first kappa shape index (κ1) is 16.4. The molecule has 1 atom stereocenters. The van der Waals surface area contributed by atoms with E-state index in [0.29, 0.717) is 0 Å². The minimum absolute atomic E-state index is 0.628. The highest BCUT2D eigenvalue weighted by Gasteiger charge is 2.35. The number of allylic oxidation sites excluding steroid dienone is 2. The van der Waals surface area contributed by atoms with Crippen molar-refractivity contribution in [2.45, 2.75) is 12.0 Å². The number of hydrogen-bond donors (Lipinski definition) is 2. The molecule has 0 amide bonds. The number of hydrogen-bond acceptors (Lipinski definition) is 2. The maximum absolute atomic E-state index is 7.09. The molecule has 0 fully saturated rings. The fraction of sp³-hybridized carbons (Fsp3) is 0.0833. The van der Waals surface area contributed by atoms with Gasteiger partial charge in [-0.05, 0) is 34.8 Å². The Balaban J connectivity index is 1.91. The van der Waals surface area contributed by atoms with Gasteiger partial charge >= 0.3 is 0 Å². The van der Waals surface area contributed by atoms with E-state index in [0.717, 1.165) is 34.4 Å². The van der Waals surface area contributed by atoms with Crippen LogP contribution < -0.4 is 11.5 Å². The van der Waals surface area contributed by atoms with Crippen LogP contribution in [0.15, 0.2) is 97.1 Å². The van der Waals surface area contributed by atoms with Gasteiger partial charge in [0.05, 0.1) is 5.54 Å². The minimum Gasteiger partial charge on any atom is -0.398 e. The summed E-state index contributed by atoms with van der Waals surface area (Å²) < 4.78 is 0. The van der Waals surface area contributed by atoms with Crippen LogP contribution in [0.2, 0.25) is 0 Å². The van der Waals surface area contributed by atoms with E-state index >= 15 is 0 Å². The van der Waals surface area contributed by atoms with Gasteiger partial charge in [-0.2, -0.15) is 0 Å². The maximum atomic E-state index is 7.09. The predicted octanol–water partition coefficient (Wildman–Crippen LogP) is 5.13. The number of para-hydroxylation sites is 1. The summed E-state index contributed by atoms with van der Waals surface area (Å²) >= 11 is 0. The zero-order chi connectivity index (χ0) is 18.0. The molecule has 2 nitrogen and oxygen atoms in total. The van der Waals surface area contributed by atoms with E-state index in [1.165, 1.54) is 5.56 Å². The molecule has 1 aliphatic rings. The maximum Gasteiger partial charge on any atom is 0.0713 e. The zero-order valence-corrected chi connectivity index (χ0v) is 14.6. The lowest BCUT2D eigenvalue weighted by atomic mass is 9.73. The van der Waals surface area contributed by atoms with Crippen molar-refractivity contribution >= 4 is 11.3 Å². The number of nitrogen functional groups attached to an aromatic ring is 1. The molecule has 4 rings (SSSR count). The van der Waals surface area contributed by atoms with Crippen molar-refractivity contribution in [3.63, 3.8) is 0 Å². The first-order chi connectivity index (χ1) is 12.7. The average molecular weight is 338 g/mol. The lowest BCUT2D eigenvalue weighted by Crippen LogP contribution is -2.39. The number of anilines is 1. The quantitative estimate of drug-likeness (QED) is 0.650. The molecule has 2 heteroatoms. The minimum atomic E-state index is -0.628. The summed E-state index contributed by atoms with van der Waals surface area (Å²) in [6.45, 7) is 0. The Morgan fingerprint density at radius 2 is 1.38 bits per heavy atom. The monoisotopic (exact) mass is 338 g/mol. The van der Waals surface area contributed by atoms with Crippen LogP contribution in [-0.2, 0) is 5.54 Å². The second kappa shape index (κ2) is 6.66. The first-order valence-corrected chi connectivity index (χ1v) is 8.86. The van der Waals surface area contributed by atoms with Gasteiger partial charge in [-0.3, -0.25) is 0 Å². The number of benzene rings is 3. The second-order valence-corrected chi connectivity index (χ2v) is 6.68. The fourth-order valence-corrected chi connectivity index (χ4v) is 3.75. The molecular weight excluding hydrogens is 316 g/mol. The van der Waals surface area contributed by atoms with E-state index in [4.69, 9.17) is 11.5 Å². The van der Waals surface area contributed by atoms with Gasteiger partial charge in [-0.1, -0.05) is 91.0 Å². The fourth-order valence-electron chi connectivity index (χ4n) is 3.75. The molecule has 1 aliphatic carbocycles. The SMILES string of the molecule is Nc1ccccc1C1=CC=CCC1(N)c1ccccc1-c1ccccc1. The summed E-state index contributed by atoms with van der Waals surface area (Å²) in [6.07, 6.45) is 7.02. The van der Waals surface area contributed by atoms with E-state index < -0.39 is 5.54 Å². The predicted molar refractivity (Wildman–Crippen MR) is 110 cm³/mol. The third-order valence-electron chi connectivity index (χ3n) is 5.06. The molecule has 1 unspecified atom stereocenters. The largest absolute Gasteiger partial charge is 0.398 e. The molecule has 0 radical (unpaired) electrons. The molecule has 0 aliphatic heterocycles. The molecule has 4 N–H and O–H groups in total. The van der Waals surface area contributed by atoms with Gasteiger partial charge in [-0.15, -0.1) is 0 Å². The number of rotatable bonds is 3. The molecule has 128 valence electrons. The molecule has 0 bridgehead atoms. The summed E-state index contributed by atoms with van der Waals surface area (Å²) in [6, 6.07) is 26.7. The third kappa shape index (κ3) is 2.75. The molecule has 0 heterocycles. The Labute approximate surface area is 154 Å². The van der Waals surface area contributed by atoms with Crippen molar-refractivity contribution in [1.82, 2.24) is 0 Å². The summed E-state index contributed by atoms with van der Waals surface area (Å²) in [5.74, 6) is 0. The van der Waals surface area contributed by atoms with Crippen molar-refractivity contribution in [3.8, 4) is 11.1 Å². The molecule has 0 aromatic heterocycles. The molecule has 0 spiro atoms. The highest BCUT2D eigenvalue weighted by Crippen LogP contribution is 2.44. The smallest absolute Gasteiger partial charge is 0.0713 e. The zero-order valence-electron chi connectivity index (χ0n) is 14.6. The molecule has 3 aromatic carbocycles. The van der Waals surface area contributed by atoms with E-state index in [-0.39, 0.29) is 0 Å². The van der Waals surface area contributed by atoms with Gasteiger partial charge in [0.1, 0.15) is 0 Å². The van der Waals surface area contributed by atoms with Gasteiger partial charge in [0.25, 0.3) is 0 Å². The lowest BCUT2D eigenvalue weighted by Gasteiger charge is -2.36. The van der Waals surface area contributed by atoms with E-state index in [2.05, 4.69) is 66.8 Å². The molecule has 26 heavy (non-hydrogen) atoms. The van der Waals surface area contributed by atoms with Crippen LogP contribution in [0.25, 0.3) is 16.7 Å². The molecule has 0 saturated carbocycles. The molecule has 0 saturated heterocycles.